The lowest BCUT2D eigenvalue weighted by Crippen LogP contribution is -2.11. The summed E-state index contributed by atoms with van der Waals surface area (Å²) in [5.74, 6) is 0. The molecule has 166 valence electrons. The minimum atomic E-state index is 0.0858. The number of aromatic nitrogens is 2. The summed E-state index contributed by atoms with van der Waals surface area (Å²) in [6.45, 7) is 13.7. The van der Waals surface area contributed by atoms with Gasteiger partial charge in [-0.25, -0.2) is 0 Å². The third-order valence-electron chi connectivity index (χ3n) is 6.58. The molecule has 0 radical (unpaired) electrons. The molecule has 2 nitrogen and oxygen atoms in total. The second-order valence-electron chi connectivity index (χ2n) is 11.1. The number of nitrogens with one attached hydrogen (secondary N) is 1. The van der Waals surface area contributed by atoms with Crippen LogP contribution in [0.4, 0.5) is 0 Å². The van der Waals surface area contributed by atoms with Crippen molar-refractivity contribution >= 4 is 21.5 Å². The third-order valence-corrected chi connectivity index (χ3v) is 6.58. The van der Waals surface area contributed by atoms with E-state index in [4.69, 9.17) is 0 Å². The zero-order chi connectivity index (χ0) is 23.4. The van der Waals surface area contributed by atoms with Gasteiger partial charge in [0.1, 0.15) is 0 Å². The zero-order valence-corrected chi connectivity index (χ0v) is 20.5. The Morgan fingerprint density at radius 3 is 1.70 bits per heavy atom. The van der Waals surface area contributed by atoms with Gasteiger partial charge in [-0.15, -0.1) is 0 Å². The van der Waals surface area contributed by atoms with Gasteiger partial charge in [-0.3, -0.25) is 4.98 Å². The number of pyridine rings is 1. The second kappa shape index (κ2) is 7.59. The first-order chi connectivity index (χ1) is 15.6. The van der Waals surface area contributed by atoms with E-state index in [2.05, 4.69) is 106 Å². The molecule has 5 aromatic rings. The van der Waals surface area contributed by atoms with Gasteiger partial charge in [0.05, 0.1) is 11.4 Å². The van der Waals surface area contributed by atoms with Gasteiger partial charge in [0.25, 0.3) is 0 Å². The fourth-order valence-corrected chi connectivity index (χ4v) is 4.55. The third kappa shape index (κ3) is 3.95. The van der Waals surface area contributed by atoms with Gasteiger partial charge in [-0.2, -0.15) is 0 Å². The van der Waals surface area contributed by atoms with Crippen molar-refractivity contribution in [3.63, 3.8) is 0 Å². The first-order valence-electron chi connectivity index (χ1n) is 11.7. The normalized spacial score (nSPS) is 12.5. The van der Waals surface area contributed by atoms with Crippen LogP contribution in [0.2, 0.25) is 0 Å². The number of aromatic amines is 1. The molecule has 0 fully saturated rings. The van der Waals surface area contributed by atoms with Crippen molar-refractivity contribution in [2.45, 2.75) is 52.4 Å². The molecule has 0 saturated heterocycles. The van der Waals surface area contributed by atoms with E-state index in [1.165, 1.54) is 38.2 Å². The highest BCUT2D eigenvalue weighted by Crippen LogP contribution is 2.40. The molecule has 2 heteroatoms. The fraction of sp³-hybridized carbons (Fsp3) is 0.258. The summed E-state index contributed by atoms with van der Waals surface area (Å²) in [6.07, 6.45) is 1.84. The van der Waals surface area contributed by atoms with Crippen LogP contribution in [-0.4, -0.2) is 9.97 Å². The molecular formula is C31H32N2. The fourth-order valence-electron chi connectivity index (χ4n) is 4.55. The molecule has 0 aliphatic carbocycles. The van der Waals surface area contributed by atoms with E-state index in [-0.39, 0.29) is 10.8 Å². The van der Waals surface area contributed by atoms with E-state index in [9.17, 15) is 0 Å². The standard InChI is InChI=1S/C31H32N2/c1-30(2,3)22-12-10-20-17-21-11-13-23(31(4,5)6)19-25(21)29(24(20)18-22)28-15-14-27(33-28)26-9-7-8-16-32-26/h7-19,33H,1-6H3. The van der Waals surface area contributed by atoms with E-state index >= 15 is 0 Å². The van der Waals surface area contributed by atoms with E-state index in [1.54, 1.807) is 0 Å². The van der Waals surface area contributed by atoms with Crippen LogP contribution in [0.1, 0.15) is 52.7 Å². The van der Waals surface area contributed by atoms with Crippen LogP contribution in [0.3, 0.4) is 0 Å². The highest BCUT2D eigenvalue weighted by molar-refractivity contribution is 6.12. The number of H-pyrrole nitrogens is 1. The maximum absolute atomic E-state index is 4.54. The summed E-state index contributed by atoms with van der Waals surface area (Å²) in [5, 5.41) is 5.11. The first-order valence-corrected chi connectivity index (χ1v) is 11.7. The van der Waals surface area contributed by atoms with Gasteiger partial charge in [-0.05, 0) is 86.0 Å². The maximum atomic E-state index is 4.54. The predicted molar refractivity (Wildman–Crippen MR) is 142 cm³/mol. The lowest BCUT2D eigenvalue weighted by molar-refractivity contribution is 0.591. The minimum absolute atomic E-state index is 0.0858. The highest BCUT2D eigenvalue weighted by atomic mass is 14.8. The Bertz CT molecular complexity index is 1390. The molecule has 0 amide bonds. The Kier molecular flexibility index (Phi) is 4.93. The van der Waals surface area contributed by atoms with E-state index in [0.29, 0.717) is 0 Å². The number of hydrogen-bond acceptors (Lipinski definition) is 1. The lowest BCUT2D eigenvalue weighted by atomic mass is 9.82. The number of fused-ring (bicyclic) bond motifs is 2. The Hall–Kier alpha value is -3.39. The van der Waals surface area contributed by atoms with Crippen LogP contribution in [0.5, 0.6) is 0 Å². The Morgan fingerprint density at radius 1 is 0.606 bits per heavy atom. The molecule has 0 aliphatic rings. The van der Waals surface area contributed by atoms with Crippen LogP contribution >= 0.6 is 0 Å². The van der Waals surface area contributed by atoms with Gasteiger partial charge in [-0.1, -0.05) is 71.9 Å². The topological polar surface area (TPSA) is 28.7 Å². The molecule has 0 aliphatic heterocycles. The SMILES string of the molecule is CC(C)(C)c1ccc2cc3ccc(C(C)(C)C)cc3c(-c3ccc(-c4ccccn4)[nH]3)c2c1. The largest absolute Gasteiger partial charge is 0.353 e. The second-order valence-corrected chi connectivity index (χ2v) is 11.1. The monoisotopic (exact) mass is 432 g/mol. The van der Waals surface area contributed by atoms with Crippen molar-refractivity contribution in [2.75, 3.05) is 0 Å². The van der Waals surface area contributed by atoms with Crippen LogP contribution in [-0.2, 0) is 10.8 Å². The molecule has 5 rings (SSSR count). The van der Waals surface area contributed by atoms with Gasteiger partial charge in [0, 0.05) is 17.5 Å². The summed E-state index contributed by atoms with van der Waals surface area (Å²) in [7, 11) is 0. The highest BCUT2D eigenvalue weighted by Gasteiger charge is 2.20. The molecule has 2 aromatic heterocycles. The number of benzene rings is 3. The number of nitrogens with zero attached hydrogens (tertiary/aromatic N) is 1. The Morgan fingerprint density at radius 2 is 1.18 bits per heavy atom. The lowest BCUT2D eigenvalue weighted by Gasteiger charge is -2.22. The molecule has 3 aromatic carbocycles. The first kappa shape index (κ1) is 21.5. The van der Waals surface area contributed by atoms with Crippen molar-refractivity contribution in [1.29, 1.82) is 0 Å². The molecule has 2 heterocycles. The maximum Gasteiger partial charge on any atom is 0.0864 e. The molecule has 0 atom stereocenters. The quantitative estimate of drug-likeness (QED) is 0.278. The van der Waals surface area contributed by atoms with Crippen molar-refractivity contribution < 1.29 is 0 Å². The molecule has 0 spiro atoms. The van der Waals surface area contributed by atoms with Gasteiger partial charge < -0.3 is 4.98 Å². The van der Waals surface area contributed by atoms with E-state index < -0.39 is 0 Å². The van der Waals surface area contributed by atoms with Crippen LogP contribution in [0.15, 0.2) is 79.0 Å². The molecule has 0 saturated carbocycles. The molecule has 0 unspecified atom stereocenters. The molecular weight excluding hydrogens is 400 g/mol. The Balaban J connectivity index is 1.85. The van der Waals surface area contributed by atoms with E-state index in [1.807, 2.05) is 24.4 Å². The smallest absolute Gasteiger partial charge is 0.0864 e. The van der Waals surface area contributed by atoms with Crippen LogP contribution < -0.4 is 0 Å². The van der Waals surface area contributed by atoms with E-state index in [0.717, 1.165) is 17.1 Å². The number of hydrogen-bond donors (Lipinski definition) is 1. The van der Waals surface area contributed by atoms with Gasteiger partial charge in [0.2, 0.25) is 0 Å². The van der Waals surface area contributed by atoms with Crippen molar-refractivity contribution in [1.82, 2.24) is 9.97 Å². The van der Waals surface area contributed by atoms with Crippen LogP contribution in [0, 0.1) is 0 Å². The average molecular weight is 433 g/mol. The predicted octanol–water partition coefficient (Wildman–Crippen LogP) is 8.65. The number of rotatable bonds is 2. The zero-order valence-electron chi connectivity index (χ0n) is 20.5. The van der Waals surface area contributed by atoms with Crippen molar-refractivity contribution in [3.8, 4) is 22.6 Å². The summed E-state index contributed by atoms with van der Waals surface area (Å²) in [4.78, 5) is 8.23. The Labute approximate surface area is 196 Å². The summed E-state index contributed by atoms with van der Waals surface area (Å²) in [5.41, 5.74) is 7.25. The van der Waals surface area contributed by atoms with Crippen molar-refractivity contribution in [3.05, 3.63) is 90.1 Å². The van der Waals surface area contributed by atoms with Crippen molar-refractivity contribution in [2.24, 2.45) is 0 Å². The van der Waals surface area contributed by atoms with Crippen LogP contribution in [0.25, 0.3) is 44.2 Å². The molecule has 33 heavy (non-hydrogen) atoms. The van der Waals surface area contributed by atoms with Gasteiger partial charge >= 0.3 is 0 Å². The molecule has 0 bridgehead atoms. The average Bonchev–Trinajstić information content (AvgIpc) is 3.26. The van der Waals surface area contributed by atoms with Gasteiger partial charge in [0.15, 0.2) is 0 Å². The molecule has 1 N–H and O–H groups in total. The summed E-state index contributed by atoms with van der Waals surface area (Å²) >= 11 is 0. The summed E-state index contributed by atoms with van der Waals surface area (Å²) in [6, 6.07) is 26.6. The summed E-state index contributed by atoms with van der Waals surface area (Å²) < 4.78 is 0. The minimum Gasteiger partial charge on any atom is -0.353 e.